The van der Waals surface area contributed by atoms with Gasteiger partial charge in [-0.15, -0.1) is 0 Å². The van der Waals surface area contributed by atoms with Gasteiger partial charge < -0.3 is 9.80 Å². The number of nitrogens with zero attached hydrogens (tertiary/aromatic N) is 3. The van der Waals surface area contributed by atoms with Crippen LogP contribution in [-0.2, 0) is 9.59 Å². The van der Waals surface area contributed by atoms with E-state index in [-0.39, 0.29) is 5.69 Å². The van der Waals surface area contributed by atoms with Crippen molar-refractivity contribution in [3.05, 3.63) is 70.4 Å². The standard InChI is InChI=1S/C23H23F2N3O2/c1-14-4-5-16(12-15(14)2)20-21(27-10-8-26(3)9-11-27)23(30)28(22(20)29)17-6-7-18(24)19(25)13-17/h4-7,12-13H,8-11H2,1-3H3. The number of imide groups is 1. The average molecular weight is 411 g/mol. The summed E-state index contributed by atoms with van der Waals surface area (Å²) in [5, 5.41) is 0. The zero-order chi connectivity index (χ0) is 21.6. The van der Waals surface area contributed by atoms with E-state index < -0.39 is 23.4 Å². The maximum atomic E-state index is 13.8. The Morgan fingerprint density at radius 2 is 1.50 bits per heavy atom. The van der Waals surface area contributed by atoms with Crippen LogP contribution in [0.25, 0.3) is 5.57 Å². The Morgan fingerprint density at radius 1 is 0.800 bits per heavy atom. The molecule has 5 nitrogen and oxygen atoms in total. The first-order valence-electron chi connectivity index (χ1n) is 9.87. The summed E-state index contributed by atoms with van der Waals surface area (Å²) in [6.07, 6.45) is 0. The highest BCUT2D eigenvalue weighted by Gasteiger charge is 2.43. The first-order valence-corrected chi connectivity index (χ1v) is 9.87. The molecule has 7 heteroatoms. The highest BCUT2D eigenvalue weighted by atomic mass is 19.2. The van der Waals surface area contributed by atoms with Gasteiger partial charge in [0, 0.05) is 32.2 Å². The molecule has 2 amide bonds. The van der Waals surface area contributed by atoms with E-state index >= 15 is 0 Å². The highest BCUT2D eigenvalue weighted by molar-refractivity contribution is 6.45. The van der Waals surface area contributed by atoms with Gasteiger partial charge in [-0.25, -0.2) is 13.7 Å². The molecule has 0 aliphatic carbocycles. The molecule has 0 unspecified atom stereocenters. The summed E-state index contributed by atoms with van der Waals surface area (Å²) in [6.45, 7) is 6.65. The van der Waals surface area contributed by atoms with E-state index in [2.05, 4.69) is 4.90 Å². The lowest BCUT2D eigenvalue weighted by atomic mass is 9.99. The Bertz CT molecular complexity index is 1070. The van der Waals surface area contributed by atoms with Crippen molar-refractivity contribution >= 4 is 23.1 Å². The number of hydrogen-bond donors (Lipinski definition) is 0. The van der Waals surface area contributed by atoms with Crippen LogP contribution in [0.15, 0.2) is 42.1 Å². The van der Waals surface area contributed by atoms with Gasteiger partial charge >= 0.3 is 0 Å². The molecule has 2 aliphatic rings. The van der Waals surface area contributed by atoms with Crippen molar-refractivity contribution in [3.8, 4) is 0 Å². The fourth-order valence-corrected chi connectivity index (χ4v) is 3.86. The van der Waals surface area contributed by atoms with Gasteiger partial charge in [-0.05, 0) is 49.7 Å². The molecular weight excluding hydrogens is 388 g/mol. The van der Waals surface area contributed by atoms with E-state index in [1.807, 2.05) is 44.0 Å². The van der Waals surface area contributed by atoms with E-state index in [1.165, 1.54) is 6.07 Å². The minimum Gasteiger partial charge on any atom is -0.364 e. The number of carbonyl (C=O) groups excluding carboxylic acids is 2. The summed E-state index contributed by atoms with van der Waals surface area (Å²) in [7, 11) is 2.01. The third-order valence-electron chi connectivity index (χ3n) is 5.84. The third kappa shape index (κ3) is 3.39. The van der Waals surface area contributed by atoms with Crippen molar-refractivity contribution < 1.29 is 18.4 Å². The van der Waals surface area contributed by atoms with Crippen LogP contribution in [0.5, 0.6) is 0 Å². The number of hydrogen-bond acceptors (Lipinski definition) is 4. The smallest absolute Gasteiger partial charge is 0.282 e. The molecule has 156 valence electrons. The van der Waals surface area contributed by atoms with Gasteiger partial charge in [-0.2, -0.15) is 0 Å². The van der Waals surface area contributed by atoms with Gasteiger partial charge in [0.25, 0.3) is 11.8 Å². The first-order chi connectivity index (χ1) is 14.3. The number of anilines is 1. The van der Waals surface area contributed by atoms with Crippen LogP contribution in [0.4, 0.5) is 14.5 Å². The molecule has 2 aromatic carbocycles. The summed E-state index contributed by atoms with van der Waals surface area (Å²) in [6, 6.07) is 8.69. The Kier molecular flexibility index (Phi) is 5.15. The topological polar surface area (TPSA) is 43.9 Å². The maximum absolute atomic E-state index is 13.8. The Labute approximate surface area is 174 Å². The number of rotatable bonds is 3. The molecule has 2 heterocycles. The van der Waals surface area contributed by atoms with Gasteiger partial charge in [0.2, 0.25) is 0 Å². The molecule has 1 saturated heterocycles. The maximum Gasteiger partial charge on any atom is 0.282 e. The molecule has 0 N–H and O–H groups in total. The predicted octanol–water partition coefficient (Wildman–Crippen LogP) is 3.11. The average Bonchev–Trinajstić information content (AvgIpc) is 2.97. The quantitative estimate of drug-likeness (QED) is 0.728. The molecule has 0 spiro atoms. The number of likely N-dealkylation sites (N-methyl/N-ethyl adjacent to an activating group) is 1. The molecule has 30 heavy (non-hydrogen) atoms. The second-order valence-corrected chi connectivity index (χ2v) is 7.86. The van der Waals surface area contributed by atoms with Crippen molar-refractivity contribution in [2.45, 2.75) is 13.8 Å². The Balaban J connectivity index is 1.83. The lowest BCUT2D eigenvalue weighted by Crippen LogP contribution is -2.46. The lowest BCUT2D eigenvalue weighted by Gasteiger charge is -2.34. The van der Waals surface area contributed by atoms with E-state index in [9.17, 15) is 18.4 Å². The zero-order valence-corrected chi connectivity index (χ0v) is 17.2. The molecule has 0 saturated carbocycles. The number of benzene rings is 2. The van der Waals surface area contributed by atoms with E-state index in [4.69, 9.17) is 0 Å². The summed E-state index contributed by atoms with van der Waals surface area (Å²) < 4.78 is 27.3. The molecule has 0 bridgehead atoms. The number of piperazine rings is 1. The largest absolute Gasteiger partial charge is 0.364 e. The second kappa shape index (κ2) is 7.65. The van der Waals surface area contributed by atoms with Crippen LogP contribution in [-0.4, -0.2) is 54.8 Å². The molecule has 0 aromatic heterocycles. The molecule has 1 fully saturated rings. The summed E-state index contributed by atoms with van der Waals surface area (Å²) in [5.74, 6) is -3.17. The molecule has 4 rings (SSSR count). The highest BCUT2D eigenvalue weighted by Crippen LogP contribution is 2.36. The number of halogens is 2. The van der Waals surface area contributed by atoms with Crippen molar-refractivity contribution in [2.24, 2.45) is 0 Å². The summed E-state index contributed by atoms with van der Waals surface area (Å²) in [4.78, 5) is 31.8. The van der Waals surface area contributed by atoms with Gasteiger partial charge in [-0.1, -0.05) is 18.2 Å². The Hall–Kier alpha value is -3.06. The molecule has 2 aliphatic heterocycles. The molecule has 0 atom stereocenters. The minimum atomic E-state index is -1.10. The second-order valence-electron chi connectivity index (χ2n) is 7.86. The normalized spacial score (nSPS) is 18.0. The Morgan fingerprint density at radius 3 is 2.13 bits per heavy atom. The molecule has 2 aromatic rings. The van der Waals surface area contributed by atoms with Crippen LogP contribution in [0, 0.1) is 25.5 Å². The number of amides is 2. The van der Waals surface area contributed by atoms with E-state index in [0.29, 0.717) is 29.9 Å². The fraction of sp³-hybridized carbons (Fsp3) is 0.304. The van der Waals surface area contributed by atoms with Crippen molar-refractivity contribution in [2.75, 3.05) is 38.1 Å². The number of aryl methyl sites for hydroxylation is 2. The van der Waals surface area contributed by atoms with E-state index in [1.54, 1.807) is 0 Å². The van der Waals surface area contributed by atoms with Gasteiger partial charge in [-0.3, -0.25) is 9.59 Å². The van der Waals surface area contributed by atoms with Crippen molar-refractivity contribution in [1.29, 1.82) is 0 Å². The van der Waals surface area contributed by atoms with Crippen LogP contribution in [0.1, 0.15) is 16.7 Å². The monoisotopic (exact) mass is 411 g/mol. The number of carbonyl (C=O) groups is 2. The lowest BCUT2D eigenvalue weighted by molar-refractivity contribution is -0.120. The van der Waals surface area contributed by atoms with E-state index in [0.717, 1.165) is 41.2 Å². The zero-order valence-electron chi connectivity index (χ0n) is 17.2. The van der Waals surface area contributed by atoms with Crippen molar-refractivity contribution in [1.82, 2.24) is 9.80 Å². The van der Waals surface area contributed by atoms with Crippen LogP contribution >= 0.6 is 0 Å². The van der Waals surface area contributed by atoms with Gasteiger partial charge in [0.1, 0.15) is 5.70 Å². The van der Waals surface area contributed by atoms with Crippen LogP contribution in [0.3, 0.4) is 0 Å². The SMILES string of the molecule is Cc1ccc(C2=C(N3CCN(C)CC3)C(=O)N(c3ccc(F)c(F)c3)C2=O)cc1C. The first kappa shape index (κ1) is 20.2. The van der Waals surface area contributed by atoms with Gasteiger partial charge in [0.05, 0.1) is 11.3 Å². The molecule has 0 radical (unpaired) electrons. The fourth-order valence-electron chi connectivity index (χ4n) is 3.86. The van der Waals surface area contributed by atoms with Crippen LogP contribution in [0.2, 0.25) is 0 Å². The van der Waals surface area contributed by atoms with Crippen molar-refractivity contribution in [3.63, 3.8) is 0 Å². The third-order valence-corrected chi connectivity index (χ3v) is 5.84. The summed E-state index contributed by atoms with van der Waals surface area (Å²) >= 11 is 0. The molecular formula is C23H23F2N3O2. The minimum absolute atomic E-state index is 0.0226. The predicted molar refractivity (Wildman–Crippen MR) is 111 cm³/mol. The summed E-state index contributed by atoms with van der Waals surface area (Å²) in [5.41, 5.74) is 3.38. The van der Waals surface area contributed by atoms with Gasteiger partial charge in [0.15, 0.2) is 11.6 Å². The van der Waals surface area contributed by atoms with Crippen LogP contribution < -0.4 is 4.90 Å².